The molecule has 0 aliphatic carbocycles. The fourth-order valence-electron chi connectivity index (χ4n) is 3.28. The maximum Gasteiger partial charge on any atom is 0.265 e. The molecule has 1 heterocycles. The second-order valence-corrected chi connectivity index (χ2v) is 7.66. The Bertz CT molecular complexity index is 1100. The molecule has 3 aromatic rings. The summed E-state index contributed by atoms with van der Waals surface area (Å²) >= 11 is 0. The normalized spacial score (nSPS) is 14.7. The maximum atomic E-state index is 13.0. The molecular formula is C19H15NO4S. The van der Waals surface area contributed by atoms with Gasteiger partial charge in [-0.05, 0) is 35.7 Å². The summed E-state index contributed by atoms with van der Waals surface area (Å²) in [7, 11) is -2.13. The van der Waals surface area contributed by atoms with Crippen LogP contribution in [0.25, 0.3) is 10.8 Å². The fourth-order valence-corrected chi connectivity index (χ4v) is 4.97. The Morgan fingerprint density at radius 3 is 2.56 bits per heavy atom. The van der Waals surface area contributed by atoms with E-state index >= 15 is 0 Å². The van der Waals surface area contributed by atoms with E-state index in [1.807, 2.05) is 18.2 Å². The van der Waals surface area contributed by atoms with Crippen LogP contribution in [0.2, 0.25) is 0 Å². The SMILES string of the molecule is COc1ccc(C=O)cc1CN1c2cccc3cccc(c23)S1(=O)=O. The van der Waals surface area contributed by atoms with Crippen LogP contribution in [0, 0.1) is 0 Å². The second-order valence-electron chi connectivity index (χ2n) is 5.83. The zero-order chi connectivity index (χ0) is 17.6. The fraction of sp³-hybridized carbons (Fsp3) is 0.105. The summed E-state index contributed by atoms with van der Waals surface area (Å²) < 4.78 is 32.8. The average molecular weight is 353 g/mol. The molecule has 1 aliphatic rings. The third-order valence-electron chi connectivity index (χ3n) is 4.44. The van der Waals surface area contributed by atoms with Gasteiger partial charge in [-0.3, -0.25) is 9.10 Å². The van der Waals surface area contributed by atoms with E-state index in [1.165, 1.54) is 11.4 Å². The van der Waals surface area contributed by atoms with Crippen LogP contribution >= 0.6 is 0 Å². The lowest BCUT2D eigenvalue weighted by molar-refractivity contribution is 0.112. The molecule has 5 nitrogen and oxygen atoms in total. The number of anilines is 1. The van der Waals surface area contributed by atoms with Crippen molar-refractivity contribution in [2.24, 2.45) is 0 Å². The van der Waals surface area contributed by atoms with E-state index in [0.29, 0.717) is 27.5 Å². The number of methoxy groups -OCH3 is 1. The van der Waals surface area contributed by atoms with E-state index < -0.39 is 10.0 Å². The number of benzene rings is 3. The summed E-state index contributed by atoms with van der Waals surface area (Å²) in [5.74, 6) is 0.545. The lowest BCUT2D eigenvalue weighted by atomic mass is 10.1. The predicted molar refractivity (Wildman–Crippen MR) is 95.7 cm³/mol. The van der Waals surface area contributed by atoms with Crippen molar-refractivity contribution in [2.45, 2.75) is 11.4 Å². The van der Waals surface area contributed by atoms with Gasteiger partial charge in [0.05, 0.1) is 24.2 Å². The molecule has 25 heavy (non-hydrogen) atoms. The molecule has 0 spiro atoms. The molecule has 1 aliphatic heterocycles. The number of nitrogens with zero attached hydrogens (tertiary/aromatic N) is 1. The number of hydrogen-bond acceptors (Lipinski definition) is 4. The Morgan fingerprint density at radius 1 is 1.08 bits per heavy atom. The highest BCUT2D eigenvalue weighted by Gasteiger charge is 2.35. The van der Waals surface area contributed by atoms with Crippen LogP contribution in [-0.2, 0) is 16.6 Å². The molecule has 0 saturated carbocycles. The second kappa shape index (κ2) is 5.60. The Balaban J connectivity index is 1.88. The van der Waals surface area contributed by atoms with Gasteiger partial charge in [-0.15, -0.1) is 0 Å². The largest absolute Gasteiger partial charge is 0.496 e. The monoisotopic (exact) mass is 353 g/mol. The first-order valence-corrected chi connectivity index (χ1v) is 9.17. The number of hydrogen-bond donors (Lipinski definition) is 0. The molecular weight excluding hydrogens is 338 g/mol. The maximum absolute atomic E-state index is 13.0. The van der Waals surface area contributed by atoms with Crippen molar-refractivity contribution < 1.29 is 17.9 Å². The summed E-state index contributed by atoms with van der Waals surface area (Å²) in [6, 6.07) is 15.8. The number of aldehydes is 1. The van der Waals surface area contributed by atoms with Gasteiger partial charge in [0.15, 0.2) is 0 Å². The highest BCUT2D eigenvalue weighted by molar-refractivity contribution is 7.93. The number of carbonyl (C=O) groups is 1. The van der Waals surface area contributed by atoms with Crippen molar-refractivity contribution in [3.05, 3.63) is 65.7 Å². The molecule has 0 aromatic heterocycles. The number of sulfonamides is 1. The van der Waals surface area contributed by atoms with Crippen molar-refractivity contribution in [1.82, 2.24) is 0 Å². The summed E-state index contributed by atoms with van der Waals surface area (Å²) in [4.78, 5) is 11.4. The summed E-state index contributed by atoms with van der Waals surface area (Å²) in [6.07, 6.45) is 0.733. The molecule has 6 heteroatoms. The van der Waals surface area contributed by atoms with Crippen LogP contribution in [0.4, 0.5) is 5.69 Å². The Labute approximate surface area is 145 Å². The van der Waals surface area contributed by atoms with Crippen molar-refractivity contribution in [2.75, 3.05) is 11.4 Å². The third kappa shape index (κ3) is 2.29. The van der Waals surface area contributed by atoms with E-state index in [0.717, 1.165) is 17.1 Å². The van der Waals surface area contributed by atoms with Crippen molar-refractivity contribution in [3.8, 4) is 5.75 Å². The van der Waals surface area contributed by atoms with Crippen LogP contribution in [0.5, 0.6) is 5.75 Å². The van der Waals surface area contributed by atoms with E-state index in [1.54, 1.807) is 36.4 Å². The average Bonchev–Trinajstić information content (AvgIpc) is 2.85. The Hall–Kier alpha value is -2.86. The van der Waals surface area contributed by atoms with Gasteiger partial charge in [0.25, 0.3) is 10.0 Å². The van der Waals surface area contributed by atoms with Gasteiger partial charge >= 0.3 is 0 Å². The van der Waals surface area contributed by atoms with Crippen molar-refractivity contribution in [3.63, 3.8) is 0 Å². The van der Waals surface area contributed by atoms with Crippen LogP contribution in [-0.4, -0.2) is 21.8 Å². The Kier molecular flexibility index (Phi) is 3.51. The predicted octanol–water partition coefficient (Wildman–Crippen LogP) is 3.37. The first-order valence-electron chi connectivity index (χ1n) is 7.73. The van der Waals surface area contributed by atoms with Crippen molar-refractivity contribution >= 4 is 32.8 Å². The highest BCUT2D eigenvalue weighted by atomic mass is 32.2. The zero-order valence-electron chi connectivity index (χ0n) is 13.5. The zero-order valence-corrected chi connectivity index (χ0v) is 14.3. The number of rotatable bonds is 4. The molecule has 126 valence electrons. The van der Waals surface area contributed by atoms with Gasteiger partial charge in [-0.25, -0.2) is 8.42 Å². The van der Waals surface area contributed by atoms with E-state index in [2.05, 4.69) is 0 Å². The van der Waals surface area contributed by atoms with Crippen LogP contribution in [0.15, 0.2) is 59.5 Å². The van der Waals surface area contributed by atoms with Gasteiger partial charge in [0.1, 0.15) is 12.0 Å². The molecule has 0 fully saturated rings. The highest BCUT2D eigenvalue weighted by Crippen LogP contribution is 2.43. The quantitative estimate of drug-likeness (QED) is 0.675. The Morgan fingerprint density at radius 2 is 1.84 bits per heavy atom. The molecule has 0 radical (unpaired) electrons. The standard InChI is InChI=1S/C19H15NO4S/c1-24-17-9-8-13(12-21)10-15(17)11-20-16-6-2-4-14-5-3-7-18(19(14)16)25(20,22)23/h2-10,12H,11H2,1H3. The van der Waals surface area contributed by atoms with E-state index in [4.69, 9.17) is 4.74 Å². The number of ether oxygens (including phenoxy) is 1. The van der Waals surface area contributed by atoms with Gasteiger partial charge in [-0.2, -0.15) is 0 Å². The minimum absolute atomic E-state index is 0.0982. The molecule has 4 rings (SSSR count). The molecule has 0 saturated heterocycles. The van der Waals surface area contributed by atoms with Gasteiger partial charge in [-0.1, -0.05) is 24.3 Å². The van der Waals surface area contributed by atoms with E-state index in [9.17, 15) is 13.2 Å². The van der Waals surface area contributed by atoms with Gasteiger partial charge in [0, 0.05) is 16.5 Å². The molecule has 0 unspecified atom stereocenters. The third-order valence-corrected chi connectivity index (χ3v) is 6.24. The van der Waals surface area contributed by atoms with Crippen molar-refractivity contribution in [1.29, 1.82) is 0 Å². The van der Waals surface area contributed by atoms with Crippen LogP contribution < -0.4 is 9.04 Å². The summed E-state index contributed by atoms with van der Waals surface area (Å²) in [5, 5.41) is 1.62. The number of carbonyl (C=O) groups excluding carboxylic acids is 1. The lowest BCUT2D eigenvalue weighted by Gasteiger charge is -2.20. The molecule has 0 bridgehead atoms. The smallest absolute Gasteiger partial charge is 0.265 e. The first kappa shape index (κ1) is 15.7. The van der Waals surface area contributed by atoms with E-state index in [-0.39, 0.29) is 6.54 Å². The summed E-state index contributed by atoms with van der Waals surface area (Å²) in [5.41, 5.74) is 1.76. The van der Waals surface area contributed by atoms with Crippen LogP contribution in [0.3, 0.4) is 0 Å². The molecule has 0 amide bonds. The molecule has 0 atom stereocenters. The topological polar surface area (TPSA) is 63.7 Å². The summed E-state index contributed by atoms with van der Waals surface area (Å²) in [6.45, 7) is 0.0982. The molecule has 3 aromatic carbocycles. The molecule has 0 N–H and O–H groups in total. The van der Waals surface area contributed by atoms with Crippen LogP contribution in [0.1, 0.15) is 15.9 Å². The minimum Gasteiger partial charge on any atom is -0.496 e. The van der Waals surface area contributed by atoms with Gasteiger partial charge < -0.3 is 4.74 Å². The first-order chi connectivity index (χ1) is 12.1. The van der Waals surface area contributed by atoms with Gasteiger partial charge in [0.2, 0.25) is 0 Å². The minimum atomic E-state index is -3.65. The lowest BCUT2D eigenvalue weighted by Crippen LogP contribution is -2.26.